The molecule has 2 aromatic rings. The summed E-state index contributed by atoms with van der Waals surface area (Å²) in [4.78, 5) is 30.1. The van der Waals surface area contributed by atoms with Crippen LogP contribution in [0.15, 0.2) is 35.7 Å². The molecule has 1 N–H and O–H groups in total. The minimum Gasteiger partial charge on any atom is -0.464 e. The van der Waals surface area contributed by atoms with Gasteiger partial charge in [-0.2, -0.15) is 0 Å². The van der Waals surface area contributed by atoms with Gasteiger partial charge in [-0.25, -0.2) is 14.6 Å². The number of urea groups is 1. The molecule has 6 nitrogen and oxygen atoms in total. The number of nitrogens with zero attached hydrogens (tertiary/aromatic N) is 2. The normalized spacial score (nSPS) is 10.6. The van der Waals surface area contributed by atoms with Crippen LogP contribution in [-0.4, -0.2) is 35.5 Å². The topological polar surface area (TPSA) is 71.5 Å². The van der Waals surface area contributed by atoms with E-state index in [9.17, 15) is 9.59 Å². The second kappa shape index (κ2) is 9.17. The van der Waals surface area contributed by atoms with Crippen LogP contribution in [0.25, 0.3) is 0 Å². The molecule has 25 heavy (non-hydrogen) atoms. The Bertz CT molecular complexity index is 701. The summed E-state index contributed by atoms with van der Waals surface area (Å²) in [6.45, 7) is 5.20. The number of thiazole rings is 1. The number of rotatable bonds is 7. The molecular weight excluding hydrogens is 338 g/mol. The molecule has 2 rings (SSSR count). The summed E-state index contributed by atoms with van der Waals surface area (Å²) in [5.41, 5.74) is 1.02. The number of hydrogen-bond acceptors (Lipinski definition) is 5. The highest BCUT2D eigenvalue weighted by molar-refractivity contribution is 7.09. The average molecular weight is 361 g/mol. The van der Waals surface area contributed by atoms with Crippen molar-refractivity contribution in [2.24, 2.45) is 5.92 Å². The lowest BCUT2D eigenvalue weighted by Gasteiger charge is -2.23. The summed E-state index contributed by atoms with van der Waals surface area (Å²) in [6.07, 6.45) is 0.886. The Balaban J connectivity index is 2.07. The lowest BCUT2D eigenvalue weighted by molar-refractivity contribution is 0.0594. The maximum absolute atomic E-state index is 12.6. The Morgan fingerprint density at radius 2 is 2.00 bits per heavy atom. The summed E-state index contributed by atoms with van der Waals surface area (Å²) in [6, 6.07) is 9.15. The smallest absolute Gasteiger partial charge is 0.357 e. The number of hydrogen-bond donors (Lipinski definition) is 1. The van der Waals surface area contributed by atoms with Crippen molar-refractivity contribution in [3.8, 4) is 0 Å². The molecule has 1 aromatic carbocycles. The summed E-state index contributed by atoms with van der Waals surface area (Å²) in [5, 5.41) is 5.25. The van der Waals surface area contributed by atoms with Gasteiger partial charge in [0.2, 0.25) is 0 Å². The highest BCUT2D eigenvalue weighted by Crippen LogP contribution is 2.16. The molecule has 0 radical (unpaired) electrons. The maximum Gasteiger partial charge on any atom is 0.357 e. The quantitative estimate of drug-likeness (QED) is 0.756. The minimum absolute atomic E-state index is 0.179. The number of aromatic nitrogens is 1. The van der Waals surface area contributed by atoms with Crippen molar-refractivity contribution in [1.29, 1.82) is 0 Å². The van der Waals surface area contributed by atoms with Crippen LogP contribution < -0.4 is 5.32 Å². The fourth-order valence-corrected chi connectivity index (χ4v) is 2.91. The van der Waals surface area contributed by atoms with Crippen LogP contribution in [0.3, 0.4) is 0 Å². The van der Waals surface area contributed by atoms with E-state index in [0.717, 1.165) is 12.1 Å². The highest BCUT2D eigenvalue weighted by Gasteiger charge is 2.18. The molecule has 0 aliphatic carbocycles. The summed E-state index contributed by atoms with van der Waals surface area (Å²) < 4.78 is 4.67. The van der Waals surface area contributed by atoms with E-state index in [2.05, 4.69) is 28.9 Å². The molecule has 2 amide bonds. The van der Waals surface area contributed by atoms with Gasteiger partial charge in [-0.1, -0.05) is 32.0 Å². The second-order valence-corrected chi connectivity index (χ2v) is 6.96. The van der Waals surface area contributed by atoms with Crippen molar-refractivity contribution < 1.29 is 14.3 Å². The van der Waals surface area contributed by atoms with Gasteiger partial charge >= 0.3 is 12.0 Å². The van der Waals surface area contributed by atoms with Gasteiger partial charge in [0, 0.05) is 17.6 Å². The maximum atomic E-state index is 12.6. The van der Waals surface area contributed by atoms with Crippen LogP contribution in [0, 0.1) is 5.92 Å². The number of benzene rings is 1. The van der Waals surface area contributed by atoms with Gasteiger partial charge in [0.15, 0.2) is 5.69 Å². The second-order valence-electron chi connectivity index (χ2n) is 6.02. The zero-order chi connectivity index (χ0) is 18.2. The average Bonchev–Trinajstić information content (AvgIpc) is 3.07. The number of esters is 1. The highest BCUT2D eigenvalue weighted by atomic mass is 32.1. The molecule has 0 aliphatic rings. The number of anilines is 1. The van der Waals surface area contributed by atoms with Gasteiger partial charge in [-0.15, -0.1) is 11.3 Å². The van der Waals surface area contributed by atoms with Crippen LogP contribution in [0.5, 0.6) is 0 Å². The monoisotopic (exact) mass is 361 g/mol. The molecule has 0 spiro atoms. The number of amides is 2. The van der Waals surface area contributed by atoms with Gasteiger partial charge in [-0.3, -0.25) is 0 Å². The third-order valence-corrected chi connectivity index (χ3v) is 4.39. The zero-order valence-corrected chi connectivity index (χ0v) is 15.5. The largest absolute Gasteiger partial charge is 0.464 e. The van der Waals surface area contributed by atoms with Crippen LogP contribution in [0.4, 0.5) is 10.5 Å². The predicted octanol–water partition coefficient (Wildman–Crippen LogP) is 4.01. The van der Waals surface area contributed by atoms with E-state index in [1.807, 2.05) is 30.3 Å². The van der Waals surface area contributed by atoms with Crippen LogP contribution in [0.2, 0.25) is 0 Å². The van der Waals surface area contributed by atoms with E-state index >= 15 is 0 Å². The van der Waals surface area contributed by atoms with E-state index in [0.29, 0.717) is 24.0 Å². The Morgan fingerprint density at radius 3 is 2.64 bits per heavy atom. The lowest BCUT2D eigenvalue weighted by atomic mass is 10.1. The molecular formula is C18H23N3O3S. The number of nitrogens with one attached hydrogen (secondary N) is 1. The van der Waals surface area contributed by atoms with Crippen LogP contribution >= 0.6 is 11.3 Å². The Hall–Kier alpha value is -2.41. The standard InChI is InChI=1S/C18H23N3O3S/c1-13(2)9-10-21(18(23)19-14-7-5-4-6-8-14)11-16-20-15(12-25-16)17(22)24-3/h4-8,12-13H,9-11H2,1-3H3,(H,19,23). The molecule has 0 atom stereocenters. The fourth-order valence-electron chi connectivity index (χ4n) is 2.14. The number of methoxy groups -OCH3 is 1. The van der Waals surface area contributed by atoms with Crippen molar-refractivity contribution >= 4 is 29.0 Å². The predicted molar refractivity (Wildman–Crippen MR) is 98.8 cm³/mol. The van der Waals surface area contributed by atoms with E-state index in [1.165, 1.54) is 18.4 Å². The van der Waals surface area contributed by atoms with Gasteiger partial charge in [0.1, 0.15) is 5.01 Å². The first kappa shape index (κ1) is 18.9. The first-order valence-corrected chi connectivity index (χ1v) is 9.01. The molecule has 7 heteroatoms. The first-order chi connectivity index (χ1) is 12.0. The Kier molecular flexibility index (Phi) is 6.94. The molecule has 0 bridgehead atoms. The van der Waals surface area contributed by atoms with Crippen molar-refractivity contribution in [2.45, 2.75) is 26.8 Å². The SMILES string of the molecule is COC(=O)c1csc(CN(CCC(C)C)C(=O)Nc2ccccc2)n1. The third kappa shape index (κ3) is 5.86. The molecule has 0 unspecified atom stereocenters. The molecule has 0 aliphatic heterocycles. The minimum atomic E-state index is -0.468. The zero-order valence-electron chi connectivity index (χ0n) is 14.7. The molecule has 1 heterocycles. The van der Waals surface area contributed by atoms with Crippen molar-refractivity contribution in [3.05, 3.63) is 46.4 Å². The number of carbonyl (C=O) groups excluding carboxylic acids is 2. The van der Waals surface area contributed by atoms with Crippen molar-refractivity contribution in [2.75, 3.05) is 19.0 Å². The van der Waals surface area contributed by atoms with Gasteiger partial charge < -0.3 is 15.0 Å². The first-order valence-electron chi connectivity index (χ1n) is 8.13. The summed E-state index contributed by atoms with van der Waals surface area (Å²) >= 11 is 1.35. The van der Waals surface area contributed by atoms with E-state index in [4.69, 9.17) is 0 Å². The van der Waals surface area contributed by atoms with E-state index in [-0.39, 0.29) is 11.7 Å². The van der Waals surface area contributed by atoms with E-state index in [1.54, 1.807) is 10.3 Å². The summed E-state index contributed by atoms with van der Waals surface area (Å²) in [5.74, 6) is 0.0129. The number of para-hydroxylation sites is 1. The number of ether oxygens (including phenoxy) is 1. The van der Waals surface area contributed by atoms with Crippen LogP contribution in [-0.2, 0) is 11.3 Å². The van der Waals surface area contributed by atoms with Crippen molar-refractivity contribution in [1.82, 2.24) is 9.88 Å². The third-order valence-electron chi connectivity index (χ3n) is 3.56. The molecule has 0 fully saturated rings. The van der Waals surface area contributed by atoms with Gasteiger partial charge in [0.25, 0.3) is 0 Å². The lowest BCUT2D eigenvalue weighted by Crippen LogP contribution is -2.35. The van der Waals surface area contributed by atoms with Crippen LogP contribution in [0.1, 0.15) is 35.8 Å². The molecule has 0 saturated carbocycles. The fraction of sp³-hybridized carbons (Fsp3) is 0.389. The molecule has 0 saturated heterocycles. The van der Waals surface area contributed by atoms with Crippen molar-refractivity contribution in [3.63, 3.8) is 0 Å². The summed E-state index contributed by atoms with van der Waals surface area (Å²) in [7, 11) is 1.32. The van der Waals surface area contributed by atoms with Gasteiger partial charge in [-0.05, 0) is 24.5 Å². The van der Waals surface area contributed by atoms with E-state index < -0.39 is 5.97 Å². The Morgan fingerprint density at radius 1 is 1.28 bits per heavy atom. The van der Waals surface area contributed by atoms with Gasteiger partial charge in [0.05, 0.1) is 13.7 Å². The molecule has 1 aromatic heterocycles. The Labute approximate surface area is 151 Å². The number of carbonyl (C=O) groups is 2. The molecule has 134 valence electrons.